The molecule has 0 radical (unpaired) electrons. The number of rotatable bonds is 5. The number of methoxy groups -OCH3 is 1. The monoisotopic (exact) mass is 267 g/mol. The van der Waals surface area contributed by atoms with Crippen LogP contribution in [0.1, 0.15) is 19.4 Å². The van der Waals surface area contributed by atoms with Crippen molar-refractivity contribution in [3.63, 3.8) is 0 Å². The summed E-state index contributed by atoms with van der Waals surface area (Å²) in [6.45, 7) is 5.34. The van der Waals surface area contributed by atoms with Gasteiger partial charge in [-0.2, -0.15) is 0 Å². The first-order valence-electron chi connectivity index (χ1n) is 5.82. The highest BCUT2D eigenvalue weighted by Gasteiger charge is 2.26. The van der Waals surface area contributed by atoms with E-state index in [1.165, 1.54) is 19.4 Å². The zero-order valence-electron chi connectivity index (χ0n) is 11.3. The molecule has 1 aromatic heterocycles. The van der Waals surface area contributed by atoms with Gasteiger partial charge in [0.15, 0.2) is 0 Å². The molecular formula is C12H17N3O4. The molecule has 7 nitrogen and oxygen atoms in total. The standard InChI is InChI=1S/C12H17N3O4/c1-7(2)10(12(16)19-4)14-11-9(15(17)18)5-8(3)6-13-11/h5-7,10H,1-4H3,(H,13,14). The third-order valence-electron chi connectivity index (χ3n) is 2.61. The van der Waals surface area contributed by atoms with Crippen molar-refractivity contribution in [3.05, 3.63) is 27.9 Å². The Morgan fingerprint density at radius 1 is 1.53 bits per heavy atom. The van der Waals surface area contributed by atoms with E-state index in [1.807, 2.05) is 13.8 Å². The molecule has 1 atom stereocenters. The van der Waals surface area contributed by atoms with Crippen LogP contribution in [-0.2, 0) is 9.53 Å². The predicted octanol–water partition coefficient (Wildman–Crippen LogP) is 1.91. The fourth-order valence-electron chi connectivity index (χ4n) is 1.58. The van der Waals surface area contributed by atoms with Crippen LogP contribution in [0.15, 0.2) is 12.3 Å². The third kappa shape index (κ3) is 3.64. The summed E-state index contributed by atoms with van der Waals surface area (Å²) in [4.78, 5) is 26.0. The molecule has 0 aromatic carbocycles. The van der Waals surface area contributed by atoms with Crippen LogP contribution in [0.3, 0.4) is 0 Å². The van der Waals surface area contributed by atoms with Gasteiger partial charge >= 0.3 is 11.7 Å². The Balaban J connectivity index is 3.09. The van der Waals surface area contributed by atoms with Crippen LogP contribution in [0.4, 0.5) is 11.5 Å². The highest BCUT2D eigenvalue weighted by Crippen LogP contribution is 2.24. The van der Waals surface area contributed by atoms with Crippen LogP contribution in [0.25, 0.3) is 0 Å². The highest BCUT2D eigenvalue weighted by molar-refractivity contribution is 5.80. The smallest absolute Gasteiger partial charge is 0.328 e. The van der Waals surface area contributed by atoms with Gasteiger partial charge in [0.25, 0.3) is 0 Å². The topological polar surface area (TPSA) is 94.4 Å². The summed E-state index contributed by atoms with van der Waals surface area (Å²) >= 11 is 0. The highest BCUT2D eigenvalue weighted by atomic mass is 16.6. The number of hydrogen-bond donors (Lipinski definition) is 1. The van der Waals surface area contributed by atoms with Crippen molar-refractivity contribution in [2.24, 2.45) is 5.92 Å². The molecule has 0 saturated carbocycles. The van der Waals surface area contributed by atoms with E-state index in [0.717, 1.165) is 0 Å². The summed E-state index contributed by atoms with van der Waals surface area (Å²) in [7, 11) is 1.27. The first-order valence-corrected chi connectivity index (χ1v) is 5.82. The third-order valence-corrected chi connectivity index (χ3v) is 2.61. The van der Waals surface area contributed by atoms with Crippen molar-refractivity contribution < 1.29 is 14.5 Å². The SMILES string of the molecule is COC(=O)C(Nc1ncc(C)cc1[N+](=O)[O-])C(C)C. The lowest BCUT2D eigenvalue weighted by atomic mass is 10.0. The van der Waals surface area contributed by atoms with Crippen molar-refractivity contribution in [3.8, 4) is 0 Å². The molecule has 19 heavy (non-hydrogen) atoms. The zero-order valence-corrected chi connectivity index (χ0v) is 11.3. The minimum Gasteiger partial charge on any atom is -0.467 e. The summed E-state index contributed by atoms with van der Waals surface area (Å²) in [5.74, 6) is -0.499. The molecule has 0 saturated heterocycles. The second-order valence-corrected chi connectivity index (χ2v) is 4.53. The van der Waals surface area contributed by atoms with Crippen LogP contribution in [0.2, 0.25) is 0 Å². The van der Waals surface area contributed by atoms with Gasteiger partial charge in [0.05, 0.1) is 12.0 Å². The first kappa shape index (κ1) is 14.9. The van der Waals surface area contributed by atoms with Gasteiger partial charge in [0.1, 0.15) is 6.04 Å². The van der Waals surface area contributed by atoms with E-state index >= 15 is 0 Å². The molecular weight excluding hydrogens is 250 g/mol. The Labute approximate surface area is 111 Å². The summed E-state index contributed by atoms with van der Waals surface area (Å²) in [6.07, 6.45) is 1.50. The summed E-state index contributed by atoms with van der Waals surface area (Å²) in [6, 6.07) is 0.725. The molecule has 0 spiro atoms. The number of nitrogens with one attached hydrogen (secondary N) is 1. The molecule has 0 aliphatic rings. The lowest BCUT2D eigenvalue weighted by molar-refractivity contribution is -0.384. The normalized spacial score (nSPS) is 12.1. The minimum atomic E-state index is -0.682. The molecule has 1 rings (SSSR count). The molecule has 1 heterocycles. The largest absolute Gasteiger partial charge is 0.467 e. The number of ether oxygens (including phenoxy) is 1. The van der Waals surface area contributed by atoms with E-state index in [4.69, 9.17) is 0 Å². The number of hydrogen-bond acceptors (Lipinski definition) is 6. The Bertz CT molecular complexity index is 488. The van der Waals surface area contributed by atoms with Crippen molar-refractivity contribution >= 4 is 17.5 Å². The fourth-order valence-corrected chi connectivity index (χ4v) is 1.58. The van der Waals surface area contributed by atoms with Crippen molar-refractivity contribution in [1.29, 1.82) is 0 Å². The molecule has 104 valence electrons. The van der Waals surface area contributed by atoms with E-state index in [9.17, 15) is 14.9 Å². The quantitative estimate of drug-likeness (QED) is 0.497. The molecule has 1 aromatic rings. The molecule has 1 unspecified atom stereocenters. The van der Waals surface area contributed by atoms with Crippen LogP contribution in [0.5, 0.6) is 0 Å². The number of nitro groups is 1. The minimum absolute atomic E-state index is 0.0692. The van der Waals surface area contributed by atoms with Gasteiger partial charge < -0.3 is 10.1 Å². The number of aryl methyl sites for hydroxylation is 1. The van der Waals surface area contributed by atoms with Gasteiger partial charge in [-0.3, -0.25) is 10.1 Å². The fraction of sp³-hybridized carbons (Fsp3) is 0.500. The van der Waals surface area contributed by atoms with Crippen molar-refractivity contribution in [1.82, 2.24) is 4.98 Å². The van der Waals surface area contributed by atoms with E-state index in [-0.39, 0.29) is 17.4 Å². The van der Waals surface area contributed by atoms with Gasteiger partial charge in [0, 0.05) is 12.3 Å². The van der Waals surface area contributed by atoms with Gasteiger partial charge in [-0.15, -0.1) is 0 Å². The Morgan fingerprint density at radius 2 is 2.16 bits per heavy atom. The summed E-state index contributed by atoms with van der Waals surface area (Å²) in [5, 5.41) is 13.8. The number of anilines is 1. The van der Waals surface area contributed by atoms with Gasteiger partial charge in [0.2, 0.25) is 5.82 Å². The summed E-state index contributed by atoms with van der Waals surface area (Å²) in [5.41, 5.74) is 0.519. The maximum Gasteiger partial charge on any atom is 0.328 e. The molecule has 0 amide bonds. The maximum atomic E-state index is 11.6. The van der Waals surface area contributed by atoms with E-state index in [2.05, 4.69) is 15.0 Å². The second kappa shape index (κ2) is 6.12. The lowest BCUT2D eigenvalue weighted by Gasteiger charge is -2.20. The van der Waals surface area contributed by atoms with Gasteiger partial charge in [-0.1, -0.05) is 13.8 Å². The van der Waals surface area contributed by atoms with Crippen LogP contribution in [0, 0.1) is 23.0 Å². The van der Waals surface area contributed by atoms with Gasteiger partial charge in [-0.25, -0.2) is 9.78 Å². The van der Waals surface area contributed by atoms with Crippen molar-refractivity contribution in [2.45, 2.75) is 26.8 Å². The number of carbonyl (C=O) groups is 1. The molecule has 0 fully saturated rings. The molecule has 1 N–H and O–H groups in total. The number of pyridine rings is 1. The Morgan fingerprint density at radius 3 is 2.63 bits per heavy atom. The average molecular weight is 267 g/mol. The van der Waals surface area contributed by atoms with E-state index < -0.39 is 16.9 Å². The number of nitrogens with zero attached hydrogens (tertiary/aromatic N) is 2. The van der Waals surface area contributed by atoms with Crippen molar-refractivity contribution in [2.75, 3.05) is 12.4 Å². The number of aromatic nitrogens is 1. The number of carbonyl (C=O) groups excluding carboxylic acids is 1. The Kier molecular flexibility index (Phi) is 4.80. The lowest BCUT2D eigenvalue weighted by Crippen LogP contribution is -2.36. The predicted molar refractivity (Wildman–Crippen MR) is 69.9 cm³/mol. The number of esters is 1. The zero-order chi connectivity index (χ0) is 14.6. The summed E-state index contributed by atoms with van der Waals surface area (Å²) < 4.78 is 4.67. The average Bonchev–Trinajstić information content (AvgIpc) is 2.35. The molecule has 0 aliphatic carbocycles. The van der Waals surface area contributed by atoms with E-state index in [1.54, 1.807) is 6.92 Å². The molecule has 0 bridgehead atoms. The maximum absolute atomic E-state index is 11.6. The second-order valence-electron chi connectivity index (χ2n) is 4.53. The molecule has 7 heteroatoms. The van der Waals surface area contributed by atoms with Gasteiger partial charge in [-0.05, 0) is 18.4 Å². The van der Waals surface area contributed by atoms with E-state index in [0.29, 0.717) is 5.56 Å². The van der Waals surface area contributed by atoms with Crippen LogP contribution >= 0.6 is 0 Å². The van der Waals surface area contributed by atoms with Crippen LogP contribution < -0.4 is 5.32 Å². The van der Waals surface area contributed by atoms with Crippen LogP contribution in [-0.4, -0.2) is 29.0 Å². The Hall–Kier alpha value is -2.18. The molecule has 0 aliphatic heterocycles. The first-order chi connectivity index (χ1) is 8.86.